The van der Waals surface area contributed by atoms with Crippen LogP contribution >= 0.6 is 0 Å². The molecule has 0 aromatic heterocycles. The van der Waals surface area contributed by atoms with Crippen LogP contribution in [0, 0.1) is 10.8 Å². The van der Waals surface area contributed by atoms with Gasteiger partial charge in [-0.25, -0.2) is 0 Å². The van der Waals surface area contributed by atoms with Crippen LogP contribution in [0.1, 0.15) is 80.6 Å². The molecule has 1 aliphatic heterocycles. The minimum atomic E-state index is 0.333. The molecule has 124 valence electrons. The topological polar surface area (TPSA) is 15.3 Å². The lowest BCUT2D eigenvalue weighted by Crippen LogP contribution is -2.53. The molecule has 0 atom stereocenters. The number of piperidine rings is 1. The van der Waals surface area contributed by atoms with Gasteiger partial charge >= 0.3 is 0 Å². The van der Waals surface area contributed by atoms with Gasteiger partial charge in [0.2, 0.25) is 0 Å². The first-order valence-electron chi connectivity index (χ1n) is 8.98. The number of nitrogens with zero attached hydrogens (tertiary/aromatic N) is 1. The van der Waals surface area contributed by atoms with Gasteiger partial charge in [0.05, 0.1) is 0 Å². The number of hydrogen-bond donors (Lipinski definition) is 1. The SMILES string of the molecule is CC1(C)CC(NC2CCN(C(C)(C)C)CC2)CC(C)(C)C1. The van der Waals surface area contributed by atoms with Crippen molar-refractivity contribution >= 4 is 0 Å². The van der Waals surface area contributed by atoms with Gasteiger partial charge in [0.25, 0.3) is 0 Å². The lowest BCUT2D eigenvalue weighted by atomic mass is 9.63. The molecular formula is C19H38N2. The van der Waals surface area contributed by atoms with E-state index in [1.54, 1.807) is 0 Å². The predicted molar refractivity (Wildman–Crippen MR) is 92.7 cm³/mol. The van der Waals surface area contributed by atoms with Crippen molar-refractivity contribution in [3.63, 3.8) is 0 Å². The summed E-state index contributed by atoms with van der Waals surface area (Å²) in [5.74, 6) is 0. The van der Waals surface area contributed by atoms with Crippen molar-refractivity contribution in [3.05, 3.63) is 0 Å². The Morgan fingerprint density at radius 2 is 1.33 bits per heavy atom. The molecule has 2 heteroatoms. The fourth-order valence-corrected chi connectivity index (χ4v) is 5.01. The van der Waals surface area contributed by atoms with Gasteiger partial charge in [-0.2, -0.15) is 0 Å². The molecule has 1 saturated heterocycles. The molecule has 2 fully saturated rings. The molecule has 1 heterocycles. The first-order chi connectivity index (χ1) is 9.47. The summed E-state index contributed by atoms with van der Waals surface area (Å²) in [5.41, 5.74) is 1.32. The molecule has 0 amide bonds. The van der Waals surface area contributed by atoms with E-state index < -0.39 is 0 Å². The van der Waals surface area contributed by atoms with Crippen LogP contribution in [0.4, 0.5) is 0 Å². The summed E-state index contributed by atoms with van der Waals surface area (Å²) in [6, 6.07) is 1.45. The third-order valence-electron chi connectivity index (χ3n) is 5.47. The van der Waals surface area contributed by atoms with Crippen molar-refractivity contribution in [2.24, 2.45) is 10.8 Å². The summed E-state index contributed by atoms with van der Waals surface area (Å²) in [6.45, 7) is 19.3. The van der Waals surface area contributed by atoms with Gasteiger partial charge < -0.3 is 5.32 Å². The van der Waals surface area contributed by atoms with Gasteiger partial charge in [-0.05, 0) is 63.7 Å². The van der Waals surface area contributed by atoms with E-state index in [4.69, 9.17) is 0 Å². The van der Waals surface area contributed by atoms with Crippen LogP contribution < -0.4 is 5.32 Å². The zero-order chi connectivity index (χ0) is 15.9. The number of hydrogen-bond acceptors (Lipinski definition) is 2. The number of nitrogens with one attached hydrogen (secondary N) is 1. The van der Waals surface area contributed by atoms with Gasteiger partial charge in [0, 0.05) is 30.7 Å². The molecular weight excluding hydrogens is 256 g/mol. The summed E-state index contributed by atoms with van der Waals surface area (Å²) in [4.78, 5) is 2.64. The van der Waals surface area contributed by atoms with Crippen LogP contribution in [0.2, 0.25) is 0 Å². The summed E-state index contributed by atoms with van der Waals surface area (Å²) in [7, 11) is 0. The fraction of sp³-hybridized carbons (Fsp3) is 1.00. The maximum absolute atomic E-state index is 4.01. The van der Waals surface area contributed by atoms with Crippen LogP contribution in [-0.2, 0) is 0 Å². The van der Waals surface area contributed by atoms with E-state index in [-0.39, 0.29) is 0 Å². The van der Waals surface area contributed by atoms with E-state index in [9.17, 15) is 0 Å². The molecule has 2 aliphatic rings. The standard InChI is InChI=1S/C19H38N2/c1-17(2,3)21-10-8-15(9-11-21)20-16-12-18(4,5)14-19(6,7)13-16/h15-16,20H,8-14H2,1-7H3. The highest BCUT2D eigenvalue weighted by molar-refractivity contribution is 4.94. The van der Waals surface area contributed by atoms with Crippen LogP contribution in [0.3, 0.4) is 0 Å². The molecule has 0 spiro atoms. The van der Waals surface area contributed by atoms with Gasteiger partial charge in [-0.3, -0.25) is 4.90 Å². The molecule has 21 heavy (non-hydrogen) atoms. The average Bonchev–Trinajstić information content (AvgIpc) is 2.23. The number of likely N-dealkylation sites (tertiary alicyclic amines) is 1. The smallest absolute Gasteiger partial charge is 0.0125 e. The maximum atomic E-state index is 4.01. The van der Waals surface area contributed by atoms with Crippen molar-refractivity contribution in [1.29, 1.82) is 0 Å². The van der Waals surface area contributed by atoms with Gasteiger partial charge in [-0.15, -0.1) is 0 Å². The Morgan fingerprint density at radius 1 is 0.857 bits per heavy atom. The largest absolute Gasteiger partial charge is 0.311 e. The van der Waals surface area contributed by atoms with E-state index >= 15 is 0 Å². The lowest BCUT2D eigenvalue weighted by molar-refractivity contribution is 0.0613. The first kappa shape index (κ1) is 17.3. The summed E-state index contributed by atoms with van der Waals surface area (Å²) in [6.07, 6.45) is 6.68. The monoisotopic (exact) mass is 294 g/mol. The Kier molecular flexibility index (Phi) is 4.81. The highest BCUT2D eigenvalue weighted by Crippen LogP contribution is 2.45. The Hall–Kier alpha value is -0.0800. The third kappa shape index (κ3) is 4.96. The van der Waals surface area contributed by atoms with Crippen molar-refractivity contribution in [3.8, 4) is 0 Å². The molecule has 0 bridgehead atoms. The molecule has 1 saturated carbocycles. The highest BCUT2D eigenvalue weighted by Gasteiger charge is 2.39. The molecule has 2 rings (SSSR count). The minimum Gasteiger partial charge on any atom is -0.311 e. The maximum Gasteiger partial charge on any atom is 0.0125 e. The van der Waals surface area contributed by atoms with Crippen LogP contribution in [0.5, 0.6) is 0 Å². The number of rotatable bonds is 2. The highest BCUT2D eigenvalue weighted by atomic mass is 15.2. The molecule has 0 unspecified atom stereocenters. The van der Waals surface area contributed by atoms with E-state index in [1.165, 1.54) is 45.2 Å². The van der Waals surface area contributed by atoms with Gasteiger partial charge in [-0.1, -0.05) is 27.7 Å². The second-order valence-electron chi connectivity index (χ2n) is 10.2. The Morgan fingerprint density at radius 3 is 1.76 bits per heavy atom. The first-order valence-corrected chi connectivity index (χ1v) is 8.98. The van der Waals surface area contributed by atoms with E-state index in [2.05, 4.69) is 58.7 Å². The second kappa shape index (κ2) is 5.85. The zero-order valence-electron chi connectivity index (χ0n) is 15.6. The second-order valence-corrected chi connectivity index (χ2v) is 10.2. The minimum absolute atomic E-state index is 0.333. The van der Waals surface area contributed by atoms with Crippen molar-refractivity contribution in [1.82, 2.24) is 10.2 Å². The quantitative estimate of drug-likeness (QED) is 0.810. The summed E-state index contributed by atoms with van der Waals surface area (Å²) in [5, 5.41) is 4.01. The zero-order valence-corrected chi connectivity index (χ0v) is 15.6. The van der Waals surface area contributed by atoms with Crippen LogP contribution in [-0.4, -0.2) is 35.6 Å². The molecule has 0 aromatic carbocycles. The average molecular weight is 295 g/mol. The normalized spacial score (nSPS) is 28.7. The Labute approximate surface area is 133 Å². The molecule has 0 radical (unpaired) electrons. The third-order valence-corrected chi connectivity index (χ3v) is 5.47. The van der Waals surface area contributed by atoms with Crippen molar-refractivity contribution < 1.29 is 0 Å². The van der Waals surface area contributed by atoms with Crippen molar-refractivity contribution in [2.75, 3.05) is 13.1 Å². The van der Waals surface area contributed by atoms with E-state index in [1.807, 2.05) is 0 Å². The molecule has 0 aromatic rings. The van der Waals surface area contributed by atoms with Crippen LogP contribution in [0.25, 0.3) is 0 Å². The van der Waals surface area contributed by atoms with E-state index in [0.29, 0.717) is 16.4 Å². The summed E-state index contributed by atoms with van der Waals surface area (Å²) < 4.78 is 0. The van der Waals surface area contributed by atoms with Gasteiger partial charge in [0.15, 0.2) is 0 Å². The molecule has 1 N–H and O–H groups in total. The fourth-order valence-electron chi connectivity index (χ4n) is 5.01. The Bertz CT molecular complexity index is 327. The van der Waals surface area contributed by atoms with Crippen LogP contribution in [0.15, 0.2) is 0 Å². The molecule has 1 aliphatic carbocycles. The summed E-state index contributed by atoms with van der Waals surface area (Å²) >= 11 is 0. The predicted octanol–water partition coefficient (Wildman–Crippen LogP) is 4.44. The lowest BCUT2D eigenvalue weighted by Gasteiger charge is -2.47. The van der Waals surface area contributed by atoms with Crippen molar-refractivity contribution in [2.45, 2.75) is 98.2 Å². The Balaban J connectivity index is 1.86. The molecule has 2 nitrogen and oxygen atoms in total. The van der Waals surface area contributed by atoms with Gasteiger partial charge in [0.1, 0.15) is 0 Å². The van der Waals surface area contributed by atoms with E-state index in [0.717, 1.165) is 12.1 Å².